The lowest BCUT2D eigenvalue weighted by molar-refractivity contribution is 0.112. The maximum Gasteiger partial charge on any atom is 0.259 e. The lowest BCUT2D eigenvalue weighted by Crippen LogP contribution is -2.14. The third-order valence-electron chi connectivity index (χ3n) is 2.88. The van der Waals surface area contributed by atoms with Crippen molar-refractivity contribution in [1.82, 2.24) is 4.98 Å². The van der Waals surface area contributed by atoms with Gasteiger partial charge in [-0.1, -0.05) is 0 Å². The lowest BCUT2D eigenvalue weighted by Gasteiger charge is -2.11. The summed E-state index contributed by atoms with van der Waals surface area (Å²) in [5, 5.41) is 1.32. The Morgan fingerprint density at radius 3 is 2.17 bits per heavy atom. The molecule has 2 aromatic rings. The van der Waals surface area contributed by atoms with E-state index in [-0.39, 0.29) is 5.56 Å². The van der Waals surface area contributed by atoms with Gasteiger partial charge in [0.2, 0.25) is 0 Å². The molecule has 0 unspecified atom stereocenters. The van der Waals surface area contributed by atoms with Gasteiger partial charge >= 0.3 is 0 Å². The topological polar surface area (TPSA) is 68.4 Å². The van der Waals surface area contributed by atoms with Crippen LogP contribution in [0.1, 0.15) is 16.1 Å². The van der Waals surface area contributed by atoms with Crippen molar-refractivity contribution in [2.75, 3.05) is 14.2 Å². The number of benzene rings is 1. The molecule has 2 rings (SSSR count). The van der Waals surface area contributed by atoms with E-state index in [1.807, 2.05) is 0 Å². The predicted octanol–water partition coefficient (Wildman–Crippen LogP) is 1.67. The Morgan fingerprint density at radius 1 is 1.11 bits per heavy atom. The van der Waals surface area contributed by atoms with E-state index < -0.39 is 5.56 Å². The molecule has 94 valence electrons. The number of carbonyl (C=O) groups excluding carboxylic acids is 1. The summed E-state index contributed by atoms with van der Waals surface area (Å²) in [6, 6.07) is 3.38. The highest BCUT2D eigenvalue weighted by molar-refractivity contribution is 6.00. The van der Waals surface area contributed by atoms with Gasteiger partial charge < -0.3 is 14.5 Å². The molecular formula is C13H13NO4. The Balaban J connectivity index is 2.96. The zero-order valence-corrected chi connectivity index (χ0v) is 10.4. The summed E-state index contributed by atoms with van der Waals surface area (Å²) < 4.78 is 10.4. The second kappa shape index (κ2) is 4.52. The Bertz CT molecular complexity index is 673. The van der Waals surface area contributed by atoms with Gasteiger partial charge in [-0.15, -0.1) is 0 Å². The molecule has 0 atom stereocenters. The average Bonchev–Trinajstić information content (AvgIpc) is 2.37. The monoisotopic (exact) mass is 247 g/mol. The normalized spacial score (nSPS) is 10.4. The Morgan fingerprint density at radius 2 is 1.67 bits per heavy atom. The summed E-state index contributed by atoms with van der Waals surface area (Å²) in [4.78, 5) is 25.3. The van der Waals surface area contributed by atoms with Crippen LogP contribution >= 0.6 is 0 Å². The van der Waals surface area contributed by atoms with Gasteiger partial charge in [-0.2, -0.15) is 0 Å². The van der Waals surface area contributed by atoms with Gasteiger partial charge in [0.1, 0.15) is 0 Å². The third kappa shape index (κ3) is 1.73. The maximum atomic E-state index is 11.7. The van der Waals surface area contributed by atoms with E-state index in [0.29, 0.717) is 28.9 Å². The molecule has 0 radical (unpaired) electrons. The number of hydrogen-bond donors (Lipinski definition) is 1. The van der Waals surface area contributed by atoms with Crippen molar-refractivity contribution >= 4 is 17.1 Å². The van der Waals surface area contributed by atoms with Crippen LogP contribution in [0.15, 0.2) is 16.9 Å². The minimum atomic E-state index is -0.401. The number of aromatic nitrogens is 1. The SMILES string of the molecule is COc1cc2c(C)[nH]c(=O)c(C=O)c2cc1OC. The number of pyridine rings is 1. The van der Waals surface area contributed by atoms with Gasteiger partial charge in [-0.3, -0.25) is 9.59 Å². The number of nitrogens with one attached hydrogen (secondary N) is 1. The second-order valence-corrected chi connectivity index (χ2v) is 3.86. The molecule has 1 N–H and O–H groups in total. The summed E-state index contributed by atoms with van der Waals surface area (Å²) in [5.41, 5.74) is 0.375. The molecular weight excluding hydrogens is 234 g/mol. The summed E-state index contributed by atoms with van der Waals surface area (Å²) in [6.45, 7) is 1.77. The van der Waals surface area contributed by atoms with Crippen molar-refractivity contribution in [3.8, 4) is 11.5 Å². The van der Waals surface area contributed by atoms with Crippen molar-refractivity contribution in [1.29, 1.82) is 0 Å². The predicted molar refractivity (Wildman–Crippen MR) is 67.8 cm³/mol. The van der Waals surface area contributed by atoms with E-state index in [1.165, 1.54) is 14.2 Å². The number of fused-ring (bicyclic) bond motifs is 1. The Hall–Kier alpha value is -2.30. The number of aryl methyl sites for hydroxylation is 1. The van der Waals surface area contributed by atoms with E-state index in [2.05, 4.69) is 4.98 Å². The van der Waals surface area contributed by atoms with Crippen LogP contribution in [-0.2, 0) is 0 Å². The highest BCUT2D eigenvalue weighted by atomic mass is 16.5. The first-order valence-electron chi connectivity index (χ1n) is 5.36. The number of H-pyrrole nitrogens is 1. The fraction of sp³-hybridized carbons (Fsp3) is 0.231. The van der Waals surface area contributed by atoms with Crippen LogP contribution in [-0.4, -0.2) is 25.5 Å². The summed E-state index contributed by atoms with van der Waals surface area (Å²) in [6.07, 6.45) is 0.548. The van der Waals surface area contributed by atoms with Gasteiger partial charge in [0.05, 0.1) is 19.8 Å². The van der Waals surface area contributed by atoms with E-state index in [4.69, 9.17) is 9.47 Å². The van der Waals surface area contributed by atoms with Gasteiger partial charge in [-0.05, 0) is 19.1 Å². The quantitative estimate of drug-likeness (QED) is 0.837. The molecule has 0 amide bonds. The van der Waals surface area contributed by atoms with Crippen LogP contribution < -0.4 is 15.0 Å². The molecule has 0 saturated heterocycles. The number of carbonyl (C=O) groups is 1. The number of aromatic amines is 1. The number of hydrogen-bond acceptors (Lipinski definition) is 4. The molecule has 5 nitrogen and oxygen atoms in total. The molecule has 0 saturated carbocycles. The standard InChI is InChI=1S/C13H13NO4/c1-7-8-4-11(17-2)12(18-3)5-9(8)10(6-15)13(16)14-7/h4-6H,1-3H3,(H,14,16). The Labute approximate surface area is 103 Å². The molecule has 0 aliphatic carbocycles. The van der Waals surface area contributed by atoms with Crippen molar-refractivity contribution in [3.63, 3.8) is 0 Å². The molecule has 0 spiro atoms. The van der Waals surface area contributed by atoms with Crippen LogP contribution in [0.3, 0.4) is 0 Å². The molecule has 5 heteroatoms. The fourth-order valence-electron chi connectivity index (χ4n) is 1.96. The number of ether oxygens (including phenoxy) is 2. The van der Waals surface area contributed by atoms with Crippen molar-refractivity contribution < 1.29 is 14.3 Å². The summed E-state index contributed by atoms with van der Waals surface area (Å²) in [5.74, 6) is 1.04. The Kier molecular flexibility index (Phi) is 3.06. The van der Waals surface area contributed by atoms with E-state index in [9.17, 15) is 9.59 Å². The molecule has 0 aliphatic rings. The van der Waals surface area contributed by atoms with Crippen molar-refractivity contribution in [2.24, 2.45) is 0 Å². The first-order valence-corrected chi connectivity index (χ1v) is 5.36. The van der Waals surface area contributed by atoms with Gasteiger partial charge in [-0.25, -0.2) is 0 Å². The summed E-state index contributed by atoms with van der Waals surface area (Å²) in [7, 11) is 3.04. The van der Waals surface area contributed by atoms with Crippen molar-refractivity contribution in [3.05, 3.63) is 33.7 Å². The average molecular weight is 247 g/mol. The summed E-state index contributed by atoms with van der Waals surface area (Å²) >= 11 is 0. The van der Waals surface area contributed by atoms with Crippen LogP contribution in [0.4, 0.5) is 0 Å². The number of methoxy groups -OCH3 is 2. The highest BCUT2D eigenvalue weighted by Crippen LogP contribution is 2.33. The van der Waals surface area contributed by atoms with E-state index in [0.717, 1.165) is 5.39 Å². The van der Waals surface area contributed by atoms with Crippen LogP contribution in [0, 0.1) is 6.92 Å². The van der Waals surface area contributed by atoms with Crippen molar-refractivity contribution in [2.45, 2.75) is 6.92 Å². The minimum absolute atomic E-state index is 0.0940. The molecule has 1 heterocycles. The van der Waals surface area contributed by atoms with Gasteiger partial charge in [0.15, 0.2) is 17.8 Å². The van der Waals surface area contributed by atoms with Crippen LogP contribution in [0.2, 0.25) is 0 Å². The molecule has 0 aliphatic heterocycles. The lowest BCUT2D eigenvalue weighted by atomic mass is 10.0. The number of rotatable bonds is 3. The van der Waals surface area contributed by atoms with Gasteiger partial charge in [0, 0.05) is 16.5 Å². The zero-order chi connectivity index (χ0) is 13.3. The van der Waals surface area contributed by atoms with Crippen LogP contribution in [0.5, 0.6) is 11.5 Å². The first kappa shape index (κ1) is 12.2. The second-order valence-electron chi connectivity index (χ2n) is 3.86. The largest absolute Gasteiger partial charge is 0.493 e. The highest BCUT2D eigenvalue weighted by Gasteiger charge is 2.13. The molecule has 1 aromatic heterocycles. The smallest absolute Gasteiger partial charge is 0.259 e. The first-order chi connectivity index (χ1) is 8.62. The van der Waals surface area contributed by atoms with Crippen LogP contribution in [0.25, 0.3) is 10.8 Å². The minimum Gasteiger partial charge on any atom is -0.493 e. The molecule has 1 aromatic carbocycles. The molecule has 18 heavy (non-hydrogen) atoms. The van der Waals surface area contributed by atoms with Gasteiger partial charge in [0.25, 0.3) is 5.56 Å². The number of aldehydes is 1. The van der Waals surface area contributed by atoms with E-state index in [1.54, 1.807) is 19.1 Å². The van der Waals surface area contributed by atoms with E-state index >= 15 is 0 Å². The molecule has 0 bridgehead atoms. The third-order valence-corrected chi connectivity index (χ3v) is 2.88. The fourth-order valence-corrected chi connectivity index (χ4v) is 1.96. The molecule has 0 fully saturated rings. The maximum absolute atomic E-state index is 11.7. The zero-order valence-electron chi connectivity index (χ0n) is 10.4.